The second kappa shape index (κ2) is 3.53. The van der Waals surface area contributed by atoms with Crippen molar-refractivity contribution in [2.24, 2.45) is 0 Å². The van der Waals surface area contributed by atoms with Gasteiger partial charge in [-0.3, -0.25) is 10.1 Å². The predicted molar refractivity (Wildman–Crippen MR) is 48.5 cm³/mol. The molecule has 0 fully saturated rings. The van der Waals surface area contributed by atoms with E-state index in [0.29, 0.717) is 11.1 Å². The molecule has 1 aromatic carbocycles. The van der Waals surface area contributed by atoms with Crippen molar-refractivity contribution in [1.29, 1.82) is 0 Å². The average molecular weight is 181 g/mol. The van der Waals surface area contributed by atoms with E-state index in [0.717, 1.165) is 5.56 Å². The average Bonchev–Trinajstić information content (AvgIpc) is 2.08. The molecule has 4 heteroatoms. The molecule has 0 saturated heterocycles. The quantitative estimate of drug-likeness (QED) is 0.558. The Morgan fingerprint density at radius 2 is 2.08 bits per heavy atom. The maximum Gasteiger partial charge on any atom is 0.278 e. The van der Waals surface area contributed by atoms with Crippen molar-refractivity contribution in [3.05, 3.63) is 38.9 Å². The van der Waals surface area contributed by atoms with Crippen LogP contribution in [0.1, 0.15) is 16.7 Å². The molecule has 0 unspecified atom stereocenters. The number of nitro groups is 1. The number of rotatable bonds is 2. The lowest BCUT2D eigenvalue weighted by Crippen LogP contribution is -1.99. The molecule has 0 aliphatic heterocycles. The van der Waals surface area contributed by atoms with Gasteiger partial charge in [-0.05, 0) is 25.5 Å². The van der Waals surface area contributed by atoms with Crippen LogP contribution in [0, 0.1) is 24.0 Å². The van der Waals surface area contributed by atoms with Crippen LogP contribution < -0.4 is 0 Å². The molecule has 0 atom stereocenters. The fourth-order valence-corrected chi connectivity index (χ4v) is 1.24. The zero-order valence-electron chi connectivity index (χ0n) is 7.57. The Morgan fingerprint density at radius 1 is 1.46 bits per heavy atom. The molecule has 0 aliphatic rings. The smallest absolute Gasteiger partial charge is 0.278 e. The highest BCUT2D eigenvalue weighted by atomic mass is 16.6. The number of benzene rings is 1. The second-order valence-electron chi connectivity index (χ2n) is 2.93. The van der Waals surface area contributed by atoms with Gasteiger partial charge in [0, 0.05) is 5.56 Å². The van der Waals surface area contributed by atoms with Crippen LogP contribution in [0.25, 0.3) is 0 Å². The highest BCUT2D eigenvalue weighted by molar-refractivity contribution is 5.50. The second-order valence-corrected chi connectivity index (χ2v) is 2.93. The van der Waals surface area contributed by atoms with Crippen LogP contribution in [0.2, 0.25) is 0 Å². The third kappa shape index (κ3) is 1.67. The molecule has 0 radical (unpaired) electrons. The first-order valence-corrected chi connectivity index (χ1v) is 3.92. The summed E-state index contributed by atoms with van der Waals surface area (Å²) < 4.78 is 0. The Bertz CT molecular complexity index is 347. The van der Waals surface area contributed by atoms with E-state index in [1.54, 1.807) is 19.1 Å². The van der Waals surface area contributed by atoms with E-state index in [9.17, 15) is 10.1 Å². The van der Waals surface area contributed by atoms with Gasteiger partial charge >= 0.3 is 0 Å². The van der Waals surface area contributed by atoms with Crippen molar-refractivity contribution in [2.75, 3.05) is 0 Å². The van der Waals surface area contributed by atoms with Gasteiger partial charge in [0.05, 0.1) is 17.1 Å². The fraction of sp³-hybridized carbons (Fsp3) is 0.333. The monoisotopic (exact) mass is 181 g/mol. The molecule has 0 aromatic heterocycles. The first-order valence-electron chi connectivity index (χ1n) is 3.92. The minimum atomic E-state index is -0.451. The summed E-state index contributed by atoms with van der Waals surface area (Å²) in [6.45, 7) is 3.20. The standard InChI is InChI=1S/C9H11NO3/c1-6-3-4-8(5-11)9(7(6)2)10(12)13/h3-4,11H,5H2,1-2H3. The molecule has 0 amide bonds. The van der Waals surface area contributed by atoms with E-state index in [1.165, 1.54) is 0 Å². The Labute approximate surface area is 76.0 Å². The molecular formula is C9H11NO3. The third-order valence-electron chi connectivity index (χ3n) is 2.14. The largest absolute Gasteiger partial charge is 0.391 e. The highest BCUT2D eigenvalue weighted by Gasteiger charge is 2.17. The lowest BCUT2D eigenvalue weighted by molar-refractivity contribution is -0.386. The number of nitrogens with zero attached hydrogens (tertiary/aromatic N) is 1. The van der Waals surface area contributed by atoms with E-state index in [1.807, 2.05) is 6.92 Å². The van der Waals surface area contributed by atoms with Crippen LogP contribution in [0.4, 0.5) is 5.69 Å². The lowest BCUT2D eigenvalue weighted by atomic mass is 10.0. The van der Waals surface area contributed by atoms with Crippen molar-refractivity contribution in [1.82, 2.24) is 0 Å². The van der Waals surface area contributed by atoms with Crippen LogP contribution in [0.5, 0.6) is 0 Å². The molecule has 1 rings (SSSR count). The summed E-state index contributed by atoms with van der Waals surface area (Å²) in [4.78, 5) is 10.2. The molecule has 0 bridgehead atoms. The molecule has 70 valence electrons. The number of aryl methyl sites for hydroxylation is 1. The van der Waals surface area contributed by atoms with Gasteiger partial charge in [0.15, 0.2) is 0 Å². The molecule has 13 heavy (non-hydrogen) atoms. The van der Waals surface area contributed by atoms with Crippen LogP contribution in [-0.2, 0) is 6.61 Å². The number of hydrogen-bond acceptors (Lipinski definition) is 3. The topological polar surface area (TPSA) is 63.4 Å². The summed E-state index contributed by atoms with van der Waals surface area (Å²) in [6.07, 6.45) is 0. The van der Waals surface area contributed by atoms with Crippen molar-refractivity contribution >= 4 is 5.69 Å². The predicted octanol–water partition coefficient (Wildman–Crippen LogP) is 1.70. The minimum Gasteiger partial charge on any atom is -0.391 e. The van der Waals surface area contributed by atoms with Crippen LogP contribution >= 0.6 is 0 Å². The molecule has 1 N–H and O–H groups in total. The van der Waals surface area contributed by atoms with Crippen LogP contribution in [-0.4, -0.2) is 10.0 Å². The van der Waals surface area contributed by atoms with Gasteiger partial charge in [0.2, 0.25) is 0 Å². The zero-order chi connectivity index (χ0) is 10.0. The van der Waals surface area contributed by atoms with E-state index >= 15 is 0 Å². The van der Waals surface area contributed by atoms with E-state index < -0.39 is 4.92 Å². The van der Waals surface area contributed by atoms with Crippen molar-refractivity contribution in [3.8, 4) is 0 Å². The summed E-state index contributed by atoms with van der Waals surface area (Å²) in [6, 6.07) is 3.36. The van der Waals surface area contributed by atoms with Gasteiger partial charge in [-0.2, -0.15) is 0 Å². The maximum absolute atomic E-state index is 10.6. The SMILES string of the molecule is Cc1ccc(CO)c([N+](=O)[O-])c1C. The van der Waals surface area contributed by atoms with Gasteiger partial charge in [0.1, 0.15) is 0 Å². The minimum absolute atomic E-state index is 0.0301. The number of aliphatic hydroxyl groups is 1. The zero-order valence-corrected chi connectivity index (χ0v) is 7.57. The molecule has 0 heterocycles. The Morgan fingerprint density at radius 3 is 2.54 bits per heavy atom. The van der Waals surface area contributed by atoms with Gasteiger partial charge in [-0.15, -0.1) is 0 Å². The maximum atomic E-state index is 10.6. The van der Waals surface area contributed by atoms with Crippen molar-refractivity contribution in [3.63, 3.8) is 0 Å². The number of nitro benzene ring substituents is 1. The van der Waals surface area contributed by atoms with E-state index in [4.69, 9.17) is 5.11 Å². The van der Waals surface area contributed by atoms with E-state index in [-0.39, 0.29) is 12.3 Å². The molecule has 0 aliphatic carbocycles. The highest BCUT2D eigenvalue weighted by Crippen LogP contribution is 2.25. The van der Waals surface area contributed by atoms with Crippen molar-refractivity contribution < 1.29 is 10.0 Å². The summed E-state index contributed by atoms with van der Waals surface area (Å²) in [5.74, 6) is 0. The first-order chi connectivity index (χ1) is 6.07. The lowest BCUT2D eigenvalue weighted by Gasteiger charge is -2.04. The Balaban J connectivity index is 3.41. The molecule has 0 saturated carbocycles. The summed E-state index contributed by atoms with van der Waals surface area (Å²) in [5.41, 5.74) is 1.89. The van der Waals surface area contributed by atoms with Gasteiger partial charge in [-0.1, -0.05) is 6.07 Å². The van der Waals surface area contributed by atoms with Gasteiger partial charge in [-0.25, -0.2) is 0 Å². The number of aliphatic hydroxyl groups excluding tert-OH is 1. The third-order valence-corrected chi connectivity index (χ3v) is 2.14. The molecule has 1 aromatic rings. The van der Waals surface area contributed by atoms with Gasteiger partial charge < -0.3 is 5.11 Å². The van der Waals surface area contributed by atoms with Gasteiger partial charge in [0.25, 0.3) is 5.69 Å². The van der Waals surface area contributed by atoms with Crippen LogP contribution in [0.3, 0.4) is 0 Å². The Kier molecular flexibility index (Phi) is 2.63. The fourth-order valence-electron chi connectivity index (χ4n) is 1.24. The summed E-state index contributed by atoms with van der Waals surface area (Å²) in [5, 5.41) is 19.5. The normalized spacial score (nSPS) is 10.1. The Hall–Kier alpha value is -1.42. The van der Waals surface area contributed by atoms with Crippen LogP contribution in [0.15, 0.2) is 12.1 Å². The van der Waals surface area contributed by atoms with E-state index in [2.05, 4.69) is 0 Å². The first kappa shape index (κ1) is 9.67. The van der Waals surface area contributed by atoms with Crippen molar-refractivity contribution in [2.45, 2.75) is 20.5 Å². The molecular weight excluding hydrogens is 170 g/mol. The summed E-state index contributed by atoms with van der Waals surface area (Å²) >= 11 is 0. The number of hydrogen-bond donors (Lipinski definition) is 1. The molecule has 4 nitrogen and oxygen atoms in total. The molecule has 0 spiro atoms. The summed E-state index contributed by atoms with van der Waals surface area (Å²) in [7, 11) is 0.